The molecule has 1 aromatic rings. The molecule has 122 valence electrons. The number of nitrogens with one attached hydrogen (secondary N) is 1. The minimum Gasteiger partial charge on any atom is -0.309 e. The van der Waals surface area contributed by atoms with Crippen LogP contribution in [0.5, 0.6) is 0 Å². The summed E-state index contributed by atoms with van der Waals surface area (Å²) in [6, 6.07) is 8.65. The molecule has 1 heterocycles. The van der Waals surface area contributed by atoms with Crippen LogP contribution in [0.3, 0.4) is 0 Å². The fourth-order valence-electron chi connectivity index (χ4n) is 3.30. The summed E-state index contributed by atoms with van der Waals surface area (Å²) < 4.78 is 0. The first-order valence-corrected chi connectivity index (χ1v) is 8.52. The molecular formula is C18H27ClN2O. The zero-order chi connectivity index (χ0) is 16.3. The molecule has 0 aromatic heterocycles. The van der Waals surface area contributed by atoms with Crippen LogP contribution in [0.1, 0.15) is 39.2 Å². The molecule has 0 radical (unpaired) electrons. The third kappa shape index (κ3) is 4.55. The van der Waals surface area contributed by atoms with Gasteiger partial charge in [0.1, 0.15) is 5.78 Å². The molecule has 4 heteroatoms. The highest BCUT2D eigenvalue weighted by Crippen LogP contribution is 2.24. The van der Waals surface area contributed by atoms with Gasteiger partial charge in [0, 0.05) is 42.7 Å². The van der Waals surface area contributed by atoms with E-state index in [1.807, 2.05) is 38.1 Å². The second kappa shape index (κ2) is 7.58. The highest BCUT2D eigenvalue weighted by Gasteiger charge is 2.28. The molecule has 0 amide bonds. The maximum absolute atomic E-state index is 12.7. The van der Waals surface area contributed by atoms with E-state index in [1.54, 1.807) is 0 Å². The van der Waals surface area contributed by atoms with Crippen LogP contribution in [0.15, 0.2) is 24.3 Å². The molecule has 0 aliphatic carbocycles. The van der Waals surface area contributed by atoms with Crippen molar-refractivity contribution in [2.24, 2.45) is 5.92 Å². The van der Waals surface area contributed by atoms with Gasteiger partial charge in [-0.05, 0) is 31.5 Å². The summed E-state index contributed by atoms with van der Waals surface area (Å²) in [6.45, 7) is 11.1. The van der Waals surface area contributed by atoms with Gasteiger partial charge in [0.2, 0.25) is 0 Å². The number of ketones is 1. The Morgan fingerprint density at radius 1 is 1.23 bits per heavy atom. The Labute approximate surface area is 139 Å². The third-order valence-corrected chi connectivity index (χ3v) is 4.51. The lowest BCUT2D eigenvalue weighted by Gasteiger charge is -2.38. The standard InChI is InChI=1S/C18H27ClN2O/c1-12(2)18(22)17(15-5-7-16(19)8-6-15)11-21-9-13(3)20-14(4)10-21/h5-8,12-14,17,20H,9-11H2,1-4H3/t13-,14+,17-/m0/s1. The first-order valence-electron chi connectivity index (χ1n) is 8.14. The lowest BCUT2D eigenvalue weighted by atomic mass is 9.88. The van der Waals surface area contributed by atoms with Crippen molar-refractivity contribution in [2.45, 2.75) is 45.7 Å². The largest absolute Gasteiger partial charge is 0.309 e. The van der Waals surface area contributed by atoms with Crippen LogP contribution in [-0.2, 0) is 4.79 Å². The number of hydrogen-bond donors (Lipinski definition) is 1. The fraction of sp³-hybridized carbons (Fsp3) is 0.611. The number of hydrogen-bond acceptors (Lipinski definition) is 3. The van der Waals surface area contributed by atoms with Crippen LogP contribution in [0, 0.1) is 5.92 Å². The van der Waals surface area contributed by atoms with Gasteiger partial charge in [-0.3, -0.25) is 9.69 Å². The van der Waals surface area contributed by atoms with Crippen molar-refractivity contribution in [1.29, 1.82) is 0 Å². The smallest absolute Gasteiger partial charge is 0.144 e. The molecule has 0 unspecified atom stereocenters. The number of halogens is 1. The van der Waals surface area contributed by atoms with Crippen LogP contribution < -0.4 is 5.32 Å². The maximum atomic E-state index is 12.7. The normalized spacial score (nSPS) is 24.5. The minimum absolute atomic E-state index is 0.0402. The average molecular weight is 323 g/mol. The Hall–Kier alpha value is -0.900. The molecule has 0 spiro atoms. The van der Waals surface area contributed by atoms with Crippen LogP contribution in [0.2, 0.25) is 5.02 Å². The molecule has 1 aliphatic heterocycles. The summed E-state index contributed by atoms with van der Waals surface area (Å²) in [5, 5.41) is 4.25. The van der Waals surface area contributed by atoms with E-state index < -0.39 is 0 Å². The number of carbonyl (C=O) groups is 1. The number of piperazine rings is 1. The molecule has 3 nitrogen and oxygen atoms in total. The Morgan fingerprint density at radius 3 is 2.27 bits per heavy atom. The monoisotopic (exact) mass is 322 g/mol. The predicted molar refractivity (Wildman–Crippen MR) is 92.5 cm³/mol. The molecule has 1 N–H and O–H groups in total. The SMILES string of the molecule is CC(C)C(=O)[C@@H](CN1C[C@@H](C)N[C@@H](C)C1)c1ccc(Cl)cc1. The van der Waals surface area contributed by atoms with Crippen LogP contribution in [0.25, 0.3) is 0 Å². The maximum Gasteiger partial charge on any atom is 0.144 e. The van der Waals surface area contributed by atoms with Crippen LogP contribution in [0.4, 0.5) is 0 Å². The van der Waals surface area contributed by atoms with Gasteiger partial charge < -0.3 is 5.32 Å². The highest BCUT2D eigenvalue weighted by molar-refractivity contribution is 6.30. The number of rotatable bonds is 5. The Kier molecular flexibility index (Phi) is 6.01. The molecule has 0 saturated carbocycles. The highest BCUT2D eigenvalue weighted by atomic mass is 35.5. The van der Waals surface area contributed by atoms with E-state index in [0.717, 1.165) is 25.2 Å². The third-order valence-electron chi connectivity index (χ3n) is 4.26. The second-order valence-electron chi connectivity index (χ2n) is 6.85. The van der Waals surface area contributed by atoms with Crippen molar-refractivity contribution < 1.29 is 4.79 Å². The molecule has 1 aliphatic rings. The molecule has 22 heavy (non-hydrogen) atoms. The quantitative estimate of drug-likeness (QED) is 0.902. The topological polar surface area (TPSA) is 32.3 Å². The summed E-state index contributed by atoms with van der Waals surface area (Å²) in [7, 11) is 0. The van der Waals surface area contributed by atoms with Gasteiger partial charge in [-0.2, -0.15) is 0 Å². The van der Waals surface area contributed by atoms with Crippen molar-refractivity contribution in [3.63, 3.8) is 0 Å². The Morgan fingerprint density at radius 2 is 1.77 bits per heavy atom. The fourth-order valence-corrected chi connectivity index (χ4v) is 3.43. The molecule has 1 fully saturated rings. The summed E-state index contributed by atoms with van der Waals surface area (Å²) >= 11 is 5.98. The van der Waals surface area contributed by atoms with Crippen molar-refractivity contribution in [3.8, 4) is 0 Å². The Bertz CT molecular complexity index is 490. The molecule has 3 atom stereocenters. The zero-order valence-electron chi connectivity index (χ0n) is 14.0. The van der Waals surface area contributed by atoms with Gasteiger partial charge in [0.15, 0.2) is 0 Å². The molecule has 1 aromatic carbocycles. The average Bonchev–Trinajstić information content (AvgIpc) is 2.44. The van der Waals surface area contributed by atoms with Crippen molar-refractivity contribution in [1.82, 2.24) is 10.2 Å². The van der Waals surface area contributed by atoms with Crippen molar-refractivity contribution in [3.05, 3.63) is 34.9 Å². The molecular weight excluding hydrogens is 296 g/mol. The minimum atomic E-state index is -0.0743. The van der Waals surface area contributed by atoms with E-state index in [1.165, 1.54) is 0 Å². The lowest BCUT2D eigenvalue weighted by molar-refractivity contribution is -0.124. The molecule has 1 saturated heterocycles. The number of carbonyl (C=O) groups excluding carboxylic acids is 1. The molecule has 2 rings (SSSR count). The van der Waals surface area contributed by atoms with Crippen molar-refractivity contribution in [2.75, 3.05) is 19.6 Å². The van der Waals surface area contributed by atoms with Crippen LogP contribution >= 0.6 is 11.6 Å². The van der Waals surface area contributed by atoms with E-state index in [0.29, 0.717) is 22.9 Å². The second-order valence-corrected chi connectivity index (χ2v) is 7.28. The first kappa shape index (κ1) is 17.5. The molecule has 0 bridgehead atoms. The van der Waals surface area contributed by atoms with Gasteiger partial charge in [-0.1, -0.05) is 37.6 Å². The number of Topliss-reactive ketones (excluding diaryl/α,β-unsaturated/α-hetero) is 1. The number of benzene rings is 1. The predicted octanol–water partition coefficient (Wildman–Crippen LogP) is 3.33. The summed E-state index contributed by atoms with van der Waals surface area (Å²) in [5.74, 6) is 0.273. The summed E-state index contributed by atoms with van der Waals surface area (Å²) in [6.07, 6.45) is 0. The van der Waals surface area contributed by atoms with Gasteiger partial charge in [-0.15, -0.1) is 0 Å². The zero-order valence-corrected chi connectivity index (χ0v) is 14.7. The van der Waals surface area contributed by atoms with E-state index >= 15 is 0 Å². The van der Waals surface area contributed by atoms with E-state index in [-0.39, 0.29) is 11.8 Å². The lowest BCUT2D eigenvalue weighted by Crippen LogP contribution is -2.55. The Balaban J connectivity index is 2.17. The van der Waals surface area contributed by atoms with Gasteiger partial charge in [-0.25, -0.2) is 0 Å². The first-order chi connectivity index (χ1) is 10.4. The number of nitrogens with zero attached hydrogens (tertiary/aromatic N) is 1. The van der Waals surface area contributed by atoms with E-state index in [9.17, 15) is 4.79 Å². The van der Waals surface area contributed by atoms with Crippen LogP contribution in [-0.4, -0.2) is 42.4 Å². The summed E-state index contributed by atoms with van der Waals surface area (Å²) in [5.41, 5.74) is 1.07. The van der Waals surface area contributed by atoms with Gasteiger partial charge in [0.25, 0.3) is 0 Å². The summed E-state index contributed by atoms with van der Waals surface area (Å²) in [4.78, 5) is 15.1. The van der Waals surface area contributed by atoms with Gasteiger partial charge >= 0.3 is 0 Å². The van der Waals surface area contributed by atoms with E-state index in [2.05, 4.69) is 24.1 Å². The van der Waals surface area contributed by atoms with E-state index in [4.69, 9.17) is 11.6 Å². The van der Waals surface area contributed by atoms with Crippen molar-refractivity contribution >= 4 is 17.4 Å². The van der Waals surface area contributed by atoms with Gasteiger partial charge in [0.05, 0.1) is 5.92 Å².